The SMILES string of the molecule is O=C1CC[C@@H]2[C@@H](CCN2C(=O)C2CCOC2)N1Cc1ccncc1. The number of likely N-dealkylation sites (tertiary alicyclic amines) is 2. The number of amides is 2. The lowest BCUT2D eigenvalue weighted by molar-refractivity contribution is -0.144. The molecule has 0 N–H and O–H groups in total. The molecule has 128 valence electrons. The smallest absolute Gasteiger partial charge is 0.228 e. The molecule has 6 heteroatoms. The molecule has 1 unspecified atom stereocenters. The minimum atomic E-state index is 0.00928. The van der Waals surface area contributed by atoms with Gasteiger partial charge >= 0.3 is 0 Å². The Labute approximate surface area is 141 Å². The van der Waals surface area contributed by atoms with Crippen molar-refractivity contribution in [3.05, 3.63) is 30.1 Å². The molecule has 3 atom stereocenters. The fourth-order valence-electron chi connectivity index (χ4n) is 4.28. The predicted octanol–water partition coefficient (Wildman–Crippen LogP) is 1.21. The van der Waals surface area contributed by atoms with E-state index in [1.165, 1.54) is 0 Å². The molecule has 4 heterocycles. The summed E-state index contributed by atoms with van der Waals surface area (Å²) in [5, 5.41) is 0. The van der Waals surface area contributed by atoms with E-state index in [4.69, 9.17) is 4.74 Å². The van der Waals surface area contributed by atoms with Crippen molar-refractivity contribution in [2.24, 2.45) is 5.92 Å². The van der Waals surface area contributed by atoms with E-state index >= 15 is 0 Å². The van der Waals surface area contributed by atoms with E-state index in [1.54, 1.807) is 12.4 Å². The van der Waals surface area contributed by atoms with Gasteiger partial charge in [-0.1, -0.05) is 0 Å². The minimum Gasteiger partial charge on any atom is -0.381 e. The maximum atomic E-state index is 12.8. The Morgan fingerprint density at radius 3 is 2.79 bits per heavy atom. The predicted molar refractivity (Wildman–Crippen MR) is 86.9 cm³/mol. The quantitative estimate of drug-likeness (QED) is 0.836. The highest BCUT2D eigenvalue weighted by Gasteiger charge is 2.46. The molecule has 1 aromatic rings. The van der Waals surface area contributed by atoms with Crippen LogP contribution in [0.1, 0.15) is 31.2 Å². The Balaban J connectivity index is 1.49. The van der Waals surface area contributed by atoms with Crippen LogP contribution in [0.5, 0.6) is 0 Å². The first-order chi connectivity index (χ1) is 11.7. The number of carbonyl (C=O) groups is 2. The number of rotatable bonds is 3. The molecule has 1 aromatic heterocycles. The summed E-state index contributed by atoms with van der Waals surface area (Å²) in [4.78, 5) is 33.3. The molecule has 3 aliphatic heterocycles. The molecule has 0 aromatic carbocycles. The zero-order chi connectivity index (χ0) is 16.5. The molecule has 2 amide bonds. The van der Waals surface area contributed by atoms with Gasteiger partial charge < -0.3 is 14.5 Å². The molecule has 6 nitrogen and oxygen atoms in total. The van der Waals surface area contributed by atoms with Crippen LogP contribution in [-0.4, -0.2) is 58.4 Å². The fourth-order valence-corrected chi connectivity index (χ4v) is 4.28. The number of hydrogen-bond acceptors (Lipinski definition) is 4. The van der Waals surface area contributed by atoms with E-state index < -0.39 is 0 Å². The van der Waals surface area contributed by atoms with Gasteiger partial charge in [0.25, 0.3) is 0 Å². The van der Waals surface area contributed by atoms with Gasteiger partial charge in [0, 0.05) is 38.5 Å². The summed E-state index contributed by atoms with van der Waals surface area (Å²) in [6.45, 7) is 2.60. The Kier molecular flexibility index (Phi) is 4.22. The molecule has 24 heavy (non-hydrogen) atoms. The number of fused-ring (bicyclic) bond motifs is 1. The highest BCUT2D eigenvalue weighted by atomic mass is 16.5. The normalized spacial score (nSPS) is 29.8. The second kappa shape index (κ2) is 6.51. The van der Waals surface area contributed by atoms with E-state index in [0.717, 1.165) is 31.4 Å². The van der Waals surface area contributed by atoms with Gasteiger partial charge in [0.05, 0.1) is 24.6 Å². The maximum absolute atomic E-state index is 12.8. The van der Waals surface area contributed by atoms with Crippen molar-refractivity contribution >= 4 is 11.8 Å². The molecular weight excluding hydrogens is 306 g/mol. The van der Waals surface area contributed by atoms with Gasteiger partial charge in [0.15, 0.2) is 0 Å². The van der Waals surface area contributed by atoms with E-state index in [-0.39, 0.29) is 29.8 Å². The summed E-state index contributed by atoms with van der Waals surface area (Å²) in [5.74, 6) is 0.430. The largest absolute Gasteiger partial charge is 0.381 e. The summed E-state index contributed by atoms with van der Waals surface area (Å²) >= 11 is 0. The number of ether oxygens (including phenoxy) is 1. The van der Waals surface area contributed by atoms with Crippen molar-refractivity contribution in [2.75, 3.05) is 19.8 Å². The van der Waals surface area contributed by atoms with Gasteiger partial charge in [-0.3, -0.25) is 14.6 Å². The van der Waals surface area contributed by atoms with Gasteiger partial charge in [0.2, 0.25) is 11.8 Å². The number of hydrogen-bond donors (Lipinski definition) is 0. The summed E-state index contributed by atoms with van der Waals surface area (Å²) in [7, 11) is 0. The average molecular weight is 329 g/mol. The lowest BCUT2D eigenvalue weighted by Crippen LogP contribution is -2.53. The van der Waals surface area contributed by atoms with Crippen molar-refractivity contribution in [3.63, 3.8) is 0 Å². The summed E-state index contributed by atoms with van der Waals surface area (Å²) < 4.78 is 5.37. The second-order valence-electron chi connectivity index (χ2n) is 6.93. The molecular formula is C18H23N3O3. The van der Waals surface area contributed by atoms with Gasteiger partial charge in [-0.2, -0.15) is 0 Å². The van der Waals surface area contributed by atoms with Crippen molar-refractivity contribution in [3.8, 4) is 0 Å². The Morgan fingerprint density at radius 1 is 1.21 bits per heavy atom. The Morgan fingerprint density at radius 2 is 2.04 bits per heavy atom. The van der Waals surface area contributed by atoms with Crippen LogP contribution in [0.2, 0.25) is 0 Å². The zero-order valence-electron chi connectivity index (χ0n) is 13.8. The van der Waals surface area contributed by atoms with Crippen LogP contribution in [0, 0.1) is 5.92 Å². The summed E-state index contributed by atoms with van der Waals surface area (Å²) in [6.07, 6.45) is 6.53. The number of nitrogens with zero attached hydrogens (tertiary/aromatic N) is 3. The van der Waals surface area contributed by atoms with Crippen LogP contribution in [0.25, 0.3) is 0 Å². The number of piperidine rings is 1. The molecule has 3 saturated heterocycles. The van der Waals surface area contributed by atoms with E-state index in [9.17, 15) is 9.59 Å². The topological polar surface area (TPSA) is 62.7 Å². The third kappa shape index (κ3) is 2.79. The average Bonchev–Trinajstić information content (AvgIpc) is 3.27. The van der Waals surface area contributed by atoms with E-state index in [1.807, 2.05) is 21.9 Å². The maximum Gasteiger partial charge on any atom is 0.228 e. The molecule has 0 bridgehead atoms. The van der Waals surface area contributed by atoms with Crippen molar-refractivity contribution < 1.29 is 14.3 Å². The molecule has 0 saturated carbocycles. The molecule has 0 aliphatic carbocycles. The third-order valence-corrected chi connectivity index (χ3v) is 5.55. The highest BCUT2D eigenvalue weighted by molar-refractivity contribution is 5.82. The lowest BCUT2D eigenvalue weighted by atomic mass is 9.95. The van der Waals surface area contributed by atoms with Gasteiger partial charge in [-0.15, -0.1) is 0 Å². The first kappa shape index (κ1) is 15.6. The van der Waals surface area contributed by atoms with Crippen LogP contribution in [0.15, 0.2) is 24.5 Å². The fraction of sp³-hybridized carbons (Fsp3) is 0.611. The van der Waals surface area contributed by atoms with Gasteiger partial charge in [-0.25, -0.2) is 0 Å². The van der Waals surface area contributed by atoms with Gasteiger partial charge in [0.1, 0.15) is 0 Å². The molecule has 3 fully saturated rings. The van der Waals surface area contributed by atoms with Crippen LogP contribution < -0.4 is 0 Å². The van der Waals surface area contributed by atoms with Crippen LogP contribution >= 0.6 is 0 Å². The van der Waals surface area contributed by atoms with E-state index in [2.05, 4.69) is 4.98 Å². The van der Waals surface area contributed by atoms with Crippen LogP contribution in [0.4, 0.5) is 0 Å². The van der Waals surface area contributed by atoms with Crippen molar-refractivity contribution in [1.29, 1.82) is 0 Å². The van der Waals surface area contributed by atoms with Crippen molar-refractivity contribution in [2.45, 2.75) is 44.3 Å². The summed E-state index contributed by atoms with van der Waals surface area (Å²) in [6, 6.07) is 4.21. The van der Waals surface area contributed by atoms with Gasteiger partial charge in [-0.05, 0) is 37.0 Å². The lowest BCUT2D eigenvalue weighted by Gasteiger charge is -2.40. The second-order valence-corrected chi connectivity index (χ2v) is 6.93. The third-order valence-electron chi connectivity index (χ3n) is 5.55. The standard InChI is InChI=1S/C18H23N3O3/c22-17-2-1-15-16(21(17)11-13-3-7-19-8-4-13)5-9-20(15)18(23)14-6-10-24-12-14/h3-4,7-8,14-16H,1-2,5-6,9-12H2/t14?,15-,16-/m1/s1. The zero-order valence-corrected chi connectivity index (χ0v) is 13.8. The summed E-state index contributed by atoms with van der Waals surface area (Å²) in [5.41, 5.74) is 1.09. The van der Waals surface area contributed by atoms with Crippen LogP contribution in [-0.2, 0) is 20.9 Å². The molecule has 0 spiro atoms. The van der Waals surface area contributed by atoms with Crippen LogP contribution in [0.3, 0.4) is 0 Å². The molecule has 3 aliphatic rings. The first-order valence-electron chi connectivity index (χ1n) is 8.80. The number of carbonyl (C=O) groups excluding carboxylic acids is 2. The van der Waals surface area contributed by atoms with Crippen molar-refractivity contribution in [1.82, 2.24) is 14.8 Å². The minimum absolute atomic E-state index is 0.00928. The monoisotopic (exact) mass is 329 g/mol. The Hall–Kier alpha value is -1.95. The molecule has 0 radical (unpaired) electrons. The number of pyridine rings is 1. The number of aromatic nitrogens is 1. The first-order valence-corrected chi connectivity index (χ1v) is 8.80. The van der Waals surface area contributed by atoms with E-state index in [0.29, 0.717) is 26.2 Å². The Bertz CT molecular complexity index is 615. The molecule has 4 rings (SSSR count). The highest BCUT2D eigenvalue weighted by Crippen LogP contribution is 2.34.